The van der Waals surface area contributed by atoms with Crippen LogP contribution in [0.3, 0.4) is 0 Å². The van der Waals surface area contributed by atoms with Crippen molar-refractivity contribution >= 4 is 45.9 Å². The van der Waals surface area contributed by atoms with Gasteiger partial charge >= 0.3 is 12.0 Å². The molecular weight excluding hydrogens is 549 g/mol. The van der Waals surface area contributed by atoms with Gasteiger partial charge in [0.1, 0.15) is 11.6 Å². The molecular formula is C33H34FN5O4. The number of nitrogens with one attached hydrogen (secondary N) is 1. The molecule has 4 aromatic rings. The number of esters is 1. The summed E-state index contributed by atoms with van der Waals surface area (Å²) in [5, 5.41) is 0.855. The summed E-state index contributed by atoms with van der Waals surface area (Å²) in [7, 11) is 1.70. The van der Waals surface area contributed by atoms with Crippen LogP contribution in [0.5, 0.6) is 0 Å². The fourth-order valence-electron chi connectivity index (χ4n) is 5.52. The first-order valence-electron chi connectivity index (χ1n) is 14.1. The van der Waals surface area contributed by atoms with E-state index in [9.17, 15) is 18.8 Å². The Morgan fingerprint density at radius 3 is 2.47 bits per heavy atom. The molecule has 0 radical (unpaired) electrons. The summed E-state index contributed by atoms with van der Waals surface area (Å²) in [6.07, 6.45) is 3.16. The summed E-state index contributed by atoms with van der Waals surface area (Å²) in [6.45, 7) is 8.46. The molecule has 0 atom stereocenters. The minimum atomic E-state index is -0.616. The first kappa shape index (κ1) is 29.5. The lowest BCUT2D eigenvalue weighted by Gasteiger charge is -2.30. The number of hydrogen-bond donors (Lipinski definition) is 1. The van der Waals surface area contributed by atoms with Gasteiger partial charge in [-0.3, -0.25) is 14.6 Å². The molecule has 222 valence electrons. The fraction of sp³-hybridized carbons (Fsp3) is 0.273. The Labute approximate surface area is 249 Å². The molecule has 0 unspecified atom stereocenters. The molecule has 1 aliphatic heterocycles. The number of H-pyrrole nitrogens is 1. The third kappa shape index (κ3) is 5.60. The smallest absolute Gasteiger partial charge is 0.341 e. The molecule has 0 spiro atoms. The maximum Gasteiger partial charge on any atom is 0.341 e. The van der Waals surface area contributed by atoms with Gasteiger partial charge in [0.25, 0.3) is 5.91 Å². The topological polar surface area (TPSA) is 98.8 Å². The number of fused-ring (bicyclic) bond motifs is 3. The number of aromatic amines is 1. The number of anilines is 2. The summed E-state index contributed by atoms with van der Waals surface area (Å²) in [5.41, 5.74) is 2.65. The number of pyridine rings is 1. The van der Waals surface area contributed by atoms with Gasteiger partial charge in [-0.25, -0.2) is 19.0 Å². The number of benzene rings is 2. The summed E-state index contributed by atoms with van der Waals surface area (Å²) in [5.74, 6) is -0.825. The van der Waals surface area contributed by atoms with Gasteiger partial charge in [0, 0.05) is 60.1 Å². The van der Waals surface area contributed by atoms with E-state index in [2.05, 4.69) is 9.97 Å². The average Bonchev–Trinajstić information content (AvgIpc) is 3.34. The van der Waals surface area contributed by atoms with Gasteiger partial charge in [0.15, 0.2) is 0 Å². The standard InChI is InChI=1S/C33H34FN5O4/c1-6-39(27-10-8-9-17-35-27)32(42)37(5)23-15-16-24-26(18-23)36-29-25(31(41)43-7-2)19-38(20-33(3,4)28(24)29)30(40)21-11-13-22(34)14-12-21/h8-19,36H,6-7,20H2,1-5H3. The van der Waals surface area contributed by atoms with E-state index in [-0.39, 0.29) is 30.7 Å². The Hall–Kier alpha value is -4.99. The number of urea groups is 1. The van der Waals surface area contributed by atoms with Crippen LogP contribution in [0.25, 0.3) is 16.5 Å². The lowest BCUT2D eigenvalue weighted by molar-refractivity contribution is -0.136. The van der Waals surface area contributed by atoms with Crippen molar-refractivity contribution in [1.29, 1.82) is 0 Å². The first-order chi connectivity index (χ1) is 20.6. The van der Waals surface area contributed by atoms with Gasteiger partial charge in [-0.1, -0.05) is 26.0 Å². The van der Waals surface area contributed by atoms with E-state index in [1.165, 1.54) is 35.4 Å². The predicted octanol–water partition coefficient (Wildman–Crippen LogP) is 6.12. The Kier molecular flexibility index (Phi) is 8.04. The molecule has 1 aliphatic rings. The molecule has 0 aliphatic carbocycles. The van der Waals surface area contributed by atoms with E-state index in [0.29, 0.717) is 29.3 Å². The van der Waals surface area contributed by atoms with Crippen LogP contribution in [0.4, 0.5) is 20.7 Å². The van der Waals surface area contributed by atoms with Crippen molar-refractivity contribution in [3.05, 3.63) is 95.7 Å². The van der Waals surface area contributed by atoms with Gasteiger partial charge in [-0.2, -0.15) is 0 Å². The van der Waals surface area contributed by atoms with Crippen LogP contribution in [-0.2, 0) is 14.9 Å². The van der Waals surface area contributed by atoms with E-state index < -0.39 is 17.2 Å². The third-order valence-corrected chi connectivity index (χ3v) is 7.57. The molecule has 0 saturated carbocycles. The molecule has 1 N–H and O–H groups in total. The average molecular weight is 584 g/mol. The van der Waals surface area contributed by atoms with Crippen LogP contribution in [0.1, 0.15) is 49.3 Å². The van der Waals surface area contributed by atoms with Gasteiger partial charge < -0.3 is 14.6 Å². The van der Waals surface area contributed by atoms with E-state index >= 15 is 0 Å². The fourth-order valence-corrected chi connectivity index (χ4v) is 5.52. The molecule has 9 nitrogen and oxygen atoms in total. The van der Waals surface area contributed by atoms with Crippen LogP contribution in [0.2, 0.25) is 0 Å². The zero-order valence-corrected chi connectivity index (χ0v) is 24.8. The summed E-state index contributed by atoms with van der Waals surface area (Å²) in [4.78, 5) is 52.7. The van der Waals surface area contributed by atoms with Crippen molar-refractivity contribution in [1.82, 2.24) is 14.9 Å². The molecule has 3 heterocycles. The number of carbonyl (C=O) groups is 3. The molecule has 0 fully saturated rings. The molecule has 43 heavy (non-hydrogen) atoms. The predicted molar refractivity (Wildman–Crippen MR) is 164 cm³/mol. The lowest BCUT2D eigenvalue weighted by Crippen LogP contribution is -2.41. The number of rotatable bonds is 6. The minimum Gasteiger partial charge on any atom is -0.462 e. The molecule has 0 bridgehead atoms. The first-order valence-corrected chi connectivity index (χ1v) is 14.1. The van der Waals surface area contributed by atoms with Gasteiger partial charge in [-0.15, -0.1) is 0 Å². The number of carbonyl (C=O) groups excluding carboxylic acids is 3. The van der Waals surface area contributed by atoms with Gasteiger partial charge in [0.05, 0.1) is 17.9 Å². The van der Waals surface area contributed by atoms with Crippen molar-refractivity contribution in [2.45, 2.75) is 33.1 Å². The van der Waals surface area contributed by atoms with Crippen molar-refractivity contribution in [3.8, 4) is 0 Å². The highest BCUT2D eigenvalue weighted by Crippen LogP contribution is 2.41. The second kappa shape index (κ2) is 11.7. The summed E-state index contributed by atoms with van der Waals surface area (Å²) in [6, 6.07) is 16.1. The zero-order valence-electron chi connectivity index (χ0n) is 24.8. The molecule has 5 rings (SSSR count). The number of halogens is 1. The van der Waals surface area contributed by atoms with Crippen LogP contribution in [-0.4, -0.2) is 59.5 Å². The van der Waals surface area contributed by atoms with Crippen LogP contribution >= 0.6 is 0 Å². The van der Waals surface area contributed by atoms with E-state index in [0.717, 1.165) is 16.5 Å². The molecule has 10 heteroatoms. The zero-order chi connectivity index (χ0) is 30.9. The Bertz CT molecular complexity index is 1710. The van der Waals surface area contributed by atoms with E-state index in [1.54, 1.807) is 42.1 Å². The van der Waals surface area contributed by atoms with Gasteiger partial charge in [0.2, 0.25) is 0 Å². The van der Waals surface area contributed by atoms with Crippen molar-refractivity contribution in [2.75, 3.05) is 36.5 Å². The monoisotopic (exact) mass is 583 g/mol. The van der Waals surface area contributed by atoms with Crippen molar-refractivity contribution < 1.29 is 23.5 Å². The highest BCUT2D eigenvalue weighted by molar-refractivity contribution is 6.18. The van der Waals surface area contributed by atoms with Crippen LogP contribution in [0.15, 0.2) is 73.1 Å². The van der Waals surface area contributed by atoms with Crippen molar-refractivity contribution in [3.63, 3.8) is 0 Å². The van der Waals surface area contributed by atoms with E-state index in [4.69, 9.17) is 4.74 Å². The summed E-state index contributed by atoms with van der Waals surface area (Å²) < 4.78 is 19.0. The SMILES string of the molecule is CCOC(=O)C1=CN(C(=O)c2ccc(F)cc2)CC(C)(C)c2c1[nH]c1cc(N(C)C(=O)N(CC)c3ccccn3)ccc21. The molecule has 0 saturated heterocycles. The number of hydrogen-bond acceptors (Lipinski definition) is 5. The van der Waals surface area contributed by atoms with Gasteiger partial charge in [-0.05, 0) is 67.9 Å². The Balaban J connectivity index is 1.57. The second-order valence-electron chi connectivity index (χ2n) is 11.0. The summed E-state index contributed by atoms with van der Waals surface area (Å²) >= 11 is 0. The molecule has 2 aromatic heterocycles. The molecule has 3 amide bonds. The maximum atomic E-state index is 13.5. The van der Waals surface area contributed by atoms with Crippen LogP contribution < -0.4 is 9.80 Å². The quantitative estimate of drug-likeness (QED) is 0.276. The van der Waals surface area contributed by atoms with E-state index in [1.807, 2.05) is 45.0 Å². The van der Waals surface area contributed by atoms with Crippen molar-refractivity contribution in [2.24, 2.45) is 0 Å². The number of ether oxygens (including phenoxy) is 1. The highest BCUT2D eigenvalue weighted by Gasteiger charge is 2.37. The highest BCUT2D eigenvalue weighted by atomic mass is 19.1. The second-order valence-corrected chi connectivity index (χ2v) is 11.0. The maximum absolute atomic E-state index is 13.5. The normalized spacial score (nSPS) is 14.0. The van der Waals surface area contributed by atoms with Crippen LogP contribution in [0, 0.1) is 5.82 Å². The Morgan fingerprint density at radius 2 is 1.81 bits per heavy atom. The minimum absolute atomic E-state index is 0.155. The Morgan fingerprint density at radius 1 is 1.07 bits per heavy atom. The largest absolute Gasteiger partial charge is 0.462 e. The molecule has 2 aromatic carbocycles. The number of amides is 3. The third-order valence-electron chi connectivity index (χ3n) is 7.57. The number of nitrogens with zero attached hydrogens (tertiary/aromatic N) is 4. The number of aromatic nitrogens is 2. The lowest BCUT2D eigenvalue weighted by atomic mass is 9.81.